The molecule has 1 aliphatic rings. The molecule has 0 aliphatic carbocycles. The number of hydrogen-bond acceptors (Lipinski definition) is 5. The van der Waals surface area contributed by atoms with Gasteiger partial charge in [0.05, 0.1) is 28.5 Å². The maximum Gasteiger partial charge on any atom is 0.416 e. The Hall–Kier alpha value is -3.93. The van der Waals surface area contributed by atoms with Crippen molar-refractivity contribution in [3.8, 4) is 17.3 Å². The zero-order chi connectivity index (χ0) is 25.0. The van der Waals surface area contributed by atoms with Gasteiger partial charge in [-0.1, -0.05) is 37.3 Å². The Bertz CT molecular complexity index is 1240. The first-order valence-electron chi connectivity index (χ1n) is 11.3. The summed E-state index contributed by atoms with van der Waals surface area (Å²) in [4.78, 5) is 23.8. The highest BCUT2D eigenvalue weighted by Gasteiger charge is 2.33. The van der Waals surface area contributed by atoms with E-state index in [1.807, 2.05) is 0 Å². The van der Waals surface area contributed by atoms with Gasteiger partial charge in [0.15, 0.2) is 0 Å². The Kier molecular flexibility index (Phi) is 7.01. The molecule has 0 saturated carbocycles. The number of nitrogens with one attached hydrogen (secondary N) is 1. The van der Waals surface area contributed by atoms with Gasteiger partial charge in [0.2, 0.25) is 5.95 Å². The molecule has 0 atom stereocenters. The van der Waals surface area contributed by atoms with Crippen molar-refractivity contribution in [2.75, 3.05) is 18.4 Å². The van der Waals surface area contributed by atoms with Gasteiger partial charge in [-0.05, 0) is 42.5 Å². The van der Waals surface area contributed by atoms with E-state index in [0.717, 1.165) is 18.9 Å². The van der Waals surface area contributed by atoms with Crippen LogP contribution in [-0.2, 0) is 12.7 Å². The van der Waals surface area contributed by atoms with Gasteiger partial charge in [-0.25, -0.2) is 9.97 Å². The minimum absolute atomic E-state index is 0.0612. The fourth-order valence-electron chi connectivity index (χ4n) is 4.05. The molecule has 180 valence electrons. The molecule has 9 heteroatoms. The first kappa shape index (κ1) is 24.2. The van der Waals surface area contributed by atoms with E-state index in [-0.39, 0.29) is 24.0 Å². The van der Waals surface area contributed by atoms with Crippen LogP contribution in [0.4, 0.5) is 19.1 Å². The number of likely N-dealkylation sites (tertiary alicyclic amines) is 1. The second-order valence-electron chi connectivity index (χ2n) is 8.63. The summed E-state index contributed by atoms with van der Waals surface area (Å²) >= 11 is 0. The van der Waals surface area contributed by atoms with Gasteiger partial charge in [0.1, 0.15) is 0 Å². The number of carbonyl (C=O) groups excluding carboxylic acids is 1. The van der Waals surface area contributed by atoms with Crippen LogP contribution < -0.4 is 5.32 Å². The predicted molar refractivity (Wildman–Crippen MR) is 125 cm³/mol. The van der Waals surface area contributed by atoms with E-state index < -0.39 is 11.7 Å². The van der Waals surface area contributed by atoms with Crippen molar-refractivity contribution in [2.45, 2.75) is 32.5 Å². The number of amides is 1. The molecule has 4 rings (SSSR count). The van der Waals surface area contributed by atoms with Crippen LogP contribution in [0.15, 0.2) is 54.7 Å². The van der Waals surface area contributed by atoms with Crippen LogP contribution in [0.3, 0.4) is 0 Å². The SMILES string of the molecule is CC1CCN(C(=O)c2cnc(NCc3ccccc3C(F)(F)F)nc2-c2ccc(C#N)cc2)CC1. The van der Waals surface area contributed by atoms with Crippen LogP contribution in [0, 0.1) is 17.2 Å². The molecule has 2 heterocycles. The smallest absolute Gasteiger partial charge is 0.350 e. The summed E-state index contributed by atoms with van der Waals surface area (Å²) in [5, 5.41) is 12.0. The van der Waals surface area contributed by atoms with Crippen LogP contribution in [0.2, 0.25) is 0 Å². The molecule has 1 N–H and O–H groups in total. The van der Waals surface area contributed by atoms with E-state index in [4.69, 9.17) is 5.26 Å². The zero-order valence-corrected chi connectivity index (χ0v) is 19.1. The minimum Gasteiger partial charge on any atom is -0.350 e. The van der Waals surface area contributed by atoms with Gasteiger partial charge in [-0.15, -0.1) is 0 Å². The number of rotatable bonds is 5. The standard InChI is InChI=1S/C26H24F3N5O/c1-17-10-12-34(13-11-17)24(35)21-16-32-25(33-23(21)19-8-6-18(14-30)7-9-19)31-15-20-4-2-3-5-22(20)26(27,28)29/h2-9,16-17H,10-13,15H2,1H3,(H,31,32,33). The van der Waals surface area contributed by atoms with E-state index >= 15 is 0 Å². The van der Waals surface area contributed by atoms with Crippen molar-refractivity contribution in [3.05, 3.63) is 77.0 Å². The summed E-state index contributed by atoms with van der Waals surface area (Å²) in [5.41, 5.74) is 1.07. The number of nitriles is 1. The van der Waals surface area contributed by atoms with Crippen LogP contribution in [-0.4, -0.2) is 33.9 Å². The molecule has 1 fully saturated rings. The molecule has 2 aromatic carbocycles. The molecule has 0 unspecified atom stereocenters. The van der Waals surface area contributed by atoms with Crippen LogP contribution in [0.25, 0.3) is 11.3 Å². The van der Waals surface area contributed by atoms with Crippen LogP contribution in [0.1, 0.15) is 46.8 Å². The molecule has 1 aliphatic heterocycles. The average Bonchev–Trinajstić information content (AvgIpc) is 2.87. The van der Waals surface area contributed by atoms with Crippen molar-refractivity contribution in [1.82, 2.24) is 14.9 Å². The van der Waals surface area contributed by atoms with E-state index in [1.165, 1.54) is 24.4 Å². The van der Waals surface area contributed by atoms with Crippen LogP contribution >= 0.6 is 0 Å². The van der Waals surface area contributed by atoms with Gasteiger partial charge < -0.3 is 10.2 Å². The molecule has 1 saturated heterocycles. The molecular weight excluding hydrogens is 455 g/mol. The van der Waals surface area contributed by atoms with Crippen molar-refractivity contribution >= 4 is 11.9 Å². The highest BCUT2D eigenvalue weighted by atomic mass is 19.4. The first-order valence-corrected chi connectivity index (χ1v) is 11.3. The Balaban J connectivity index is 1.65. The second kappa shape index (κ2) is 10.1. The number of carbonyl (C=O) groups is 1. The molecule has 6 nitrogen and oxygen atoms in total. The highest BCUT2D eigenvalue weighted by Crippen LogP contribution is 2.32. The third kappa shape index (κ3) is 5.60. The summed E-state index contributed by atoms with van der Waals surface area (Å²) in [6, 6.07) is 14.0. The maximum atomic E-state index is 13.3. The van der Waals surface area contributed by atoms with Crippen molar-refractivity contribution in [2.24, 2.45) is 5.92 Å². The van der Waals surface area contributed by atoms with Gasteiger partial charge in [-0.2, -0.15) is 18.4 Å². The maximum absolute atomic E-state index is 13.3. The summed E-state index contributed by atoms with van der Waals surface area (Å²) in [6.45, 7) is 3.30. The number of piperidine rings is 1. The monoisotopic (exact) mass is 479 g/mol. The molecule has 1 amide bonds. The predicted octanol–water partition coefficient (Wildman–Crippen LogP) is 5.52. The lowest BCUT2D eigenvalue weighted by atomic mass is 9.98. The zero-order valence-electron chi connectivity index (χ0n) is 19.1. The molecule has 0 radical (unpaired) electrons. The number of alkyl halides is 3. The number of anilines is 1. The lowest BCUT2D eigenvalue weighted by molar-refractivity contribution is -0.138. The van der Waals surface area contributed by atoms with E-state index in [2.05, 4.69) is 28.3 Å². The normalized spacial score (nSPS) is 14.4. The number of aromatic nitrogens is 2. The first-order chi connectivity index (χ1) is 16.8. The number of nitrogens with zero attached hydrogens (tertiary/aromatic N) is 4. The van der Waals surface area contributed by atoms with Gasteiger partial charge in [0, 0.05) is 31.4 Å². The van der Waals surface area contributed by atoms with Crippen molar-refractivity contribution in [3.63, 3.8) is 0 Å². The van der Waals surface area contributed by atoms with Crippen molar-refractivity contribution < 1.29 is 18.0 Å². The molecule has 0 spiro atoms. The quantitative estimate of drug-likeness (QED) is 0.521. The number of halogens is 3. The average molecular weight is 480 g/mol. The number of benzene rings is 2. The topological polar surface area (TPSA) is 81.9 Å². The summed E-state index contributed by atoms with van der Waals surface area (Å²) < 4.78 is 40.0. The molecule has 35 heavy (non-hydrogen) atoms. The molecule has 1 aromatic heterocycles. The largest absolute Gasteiger partial charge is 0.416 e. The lowest BCUT2D eigenvalue weighted by Gasteiger charge is -2.30. The van der Waals surface area contributed by atoms with Crippen molar-refractivity contribution in [1.29, 1.82) is 5.26 Å². The Morgan fingerprint density at radius 2 is 1.83 bits per heavy atom. The van der Waals surface area contributed by atoms with E-state index in [0.29, 0.717) is 41.4 Å². The van der Waals surface area contributed by atoms with Gasteiger partial charge in [0.25, 0.3) is 5.91 Å². The third-order valence-corrected chi connectivity index (χ3v) is 6.14. The summed E-state index contributed by atoms with van der Waals surface area (Å²) in [5.74, 6) is 0.467. The van der Waals surface area contributed by atoms with Gasteiger partial charge >= 0.3 is 6.18 Å². The summed E-state index contributed by atoms with van der Waals surface area (Å²) in [6.07, 6.45) is -1.23. The second-order valence-corrected chi connectivity index (χ2v) is 8.63. The fourth-order valence-corrected chi connectivity index (χ4v) is 4.05. The lowest BCUT2D eigenvalue weighted by Crippen LogP contribution is -2.38. The summed E-state index contributed by atoms with van der Waals surface area (Å²) in [7, 11) is 0. The molecular formula is C26H24F3N5O. The van der Waals surface area contributed by atoms with E-state index in [9.17, 15) is 18.0 Å². The fraction of sp³-hybridized carbons (Fsp3) is 0.308. The number of hydrogen-bond donors (Lipinski definition) is 1. The Morgan fingerprint density at radius 3 is 2.49 bits per heavy atom. The molecule has 0 bridgehead atoms. The Morgan fingerprint density at radius 1 is 1.14 bits per heavy atom. The minimum atomic E-state index is -4.48. The van der Waals surface area contributed by atoms with E-state index in [1.54, 1.807) is 29.2 Å². The highest BCUT2D eigenvalue weighted by molar-refractivity contribution is 6.00. The van der Waals surface area contributed by atoms with Crippen LogP contribution in [0.5, 0.6) is 0 Å². The Labute approximate surface area is 201 Å². The third-order valence-electron chi connectivity index (χ3n) is 6.14. The van der Waals surface area contributed by atoms with Gasteiger partial charge in [-0.3, -0.25) is 4.79 Å². The molecule has 3 aromatic rings.